The minimum atomic E-state index is 0.0639. The van der Waals surface area contributed by atoms with E-state index in [4.69, 9.17) is 18.0 Å². The van der Waals surface area contributed by atoms with Crippen LogP contribution in [0.3, 0.4) is 0 Å². The van der Waals surface area contributed by atoms with Gasteiger partial charge in [0.2, 0.25) is 12.4 Å². The number of carbonyl (C=O) groups excluding carboxylic acids is 1. The van der Waals surface area contributed by atoms with E-state index in [0.717, 1.165) is 23.5 Å². The van der Waals surface area contributed by atoms with Crippen molar-refractivity contribution in [2.45, 2.75) is 6.92 Å². The third-order valence-electron chi connectivity index (χ3n) is 4.20. The summed E-state index contributed by atoms with van der Waals surface area (Å²) in [6, 6.07) is 9.13. The second kappa shape index (κ2) is 9.09. The van der Waals surface area contributed by atoms with Gasteiger partial charge in [-0.3, -0.25) is 10.2 Å². The fraction of sp³-hybridized carbons (Fsp3) is 0.158. The van der Waals surface area contributed by atoms with E-state index in [1.807, 2.05) is 41.9 Å². The quantitative estimate of drug-likeness (QED) is 0.227. The lowest BCUT2D eigenvalue weighted by Gasteiger charge is -2.13. The summed E-state index contributed by atoms with van der Waals surface area (Å²) in [7, 11) is 3.57. The molecule has 0 aliphatic carbocycles. The maximum absolute atomic E-state index is 10.9. The first-order valence-corrected chi connectivity index (χ1v) is 9.29. The number of hydrogen-bond donors (Lipinski definition) is 3. The van der Waals surface area contributed by atoms with Crippen molar-refractivity contribution >= 4 is 46.8 Å². The monoisotopic (exact) mass is 423 g/mol. The summed E-state index contributed by atoms with van der Waals surface area (Å²) in [6.45, 7) is 1.79. The number of hydrazone groups is 1. The van der Waals surface area contributed by atoms with Gasteiger partial charge in [-0.2, -0.15) is 5.10 Å². The molecule has 0 fully saturated rings. The van der Waals surface area contributed by atoms with Crippen LogP contribution in [0.2, 0.25) is 0 Å². The number of carbonyl (C=O) groups is 1. The van der Waals surface area contributed by atoms with Crippen molar-refractivity contribution in [1.29, 1.82) is 0 Å². The molecule has 0 saturated heterocycles. The highest BCUT2D eigenvalue weighted by molar-refractivity contribution is 7.80. The molecule has 154 valence electrons. The first kappa shape index (κ1) is 20.9. The number of imidazole rings is 1. The Labute approximate surface area is 178 Å². The standard InChI is InChI=1S/C19H21N9OS/c1-12(25-26-18(20)30)15-8-16(17-9-21-10-27(17)2)24-19(23-15)22-13-4-6-14(7-5-13)28(3)11-29/h4-11H,1-3H3,(H3,20,26,30)(H,22,23,24). The number of rotatable bonds is 7. The summed E-state index contributed by atoms with van der Waals surface area (Å²) in [6.07, 6.45) is 4.17. The van der Waals surface area contributed by atoms with Crippen LogP contribution in [0.15, 0.2) is 48.0 Å². The second-order valence-corrected chi connectivity index (χ2v) is 6.85. The number of benzene rings is 1. The van der Waals surface area contributed by atoms with Gasteiger partial charge in [-0.05, 0) is 49.5 Å². The molecule has 4 N–H and O–H groups in total. The van der Waals surface area contributed by atoms with Crippen LogP contribution in [-0.4, -0.2) is 43.8 Å². The van der Waals surface area contributed by atoms with E-state index in [0.29, 0.717) is 23.0 Å². The predicted molar refractivity (Wildman–Crippen MR) is 121 cm³/mol. The number of nitrogens with one attached hydrogen (secondary N) is 2. The number of anilines is 3. The van der Waals surface area contributed by atoms with Gasteiger partial charge in [0, 0.05) is 25.5 Å². The molecule has 0 bridgehead atoms. The van der Waals surface area contributed by atoms with Gasteiger partial charge in [-0.15, -0.1) is 0 Å². The van der Waals surface area contributed by atoms with Crippen molar-refractivity contribution in [3.05, 3.63) is 48.5 Å². The molecule has 0 aliphatic heterocycles. The van der Waals surface area contributed by atoms with Crippen molar-refractivity contribution < 1.29 is 4.79 Å². The van der Waals surface area contributed by atoms with Crippen LogP contribution in [0.25, 0.3) is 11.4 Å². The summed E-state index contributed by atoms with van der Waals surface area (Å²) in [5.41, 5.74) is 12.2. The van der Waals surface area contributed by atoms with Crippen LogP contribution in [0, 0.1) is 0 Å². The van der Waals surface area contributed by atoms with Gasteiger partial charge in [-0.25, -0.2) is 15.0 Å². The van der Waals surface area contributed by atoms with Gasteiger partial charge in [0.1, 0.15) is 0 Å². The van der Waals surface area contributed by atoms with Gasteiger partial charge in [-0.1, -0.05) is 0 Å². The van der Waals surface area contributed by atoms with Gasteiger partial charge in [0.05, 0.1) is 35.3 Å². The number of aryl methyl sites for hydroxylation is 1. The molecule has 0 saturated carbocycles. The predicted octanol–water partition coefficient (Wildman–Crippen LogP) is 1.77. The molecule has 0 aliphatic rings. The van der Waals surface area contributed by atoms with Gasteiger partial charge < -0.3 is 20.5 Å². The lowest BCUT2D eigenvalue weighted by molar-refractivity contribution is -0.107. The first-order valence-electron chi connectivity index (χ1n) is 8.88. The van der Waals surface area contributed by atoms with Crippen molar-refractivity contribution in [1.82, 2.24) is 24.9 Å². The van der Waals surface area contributed by atoms with Crippen molar-refractivity contribution in [2.75, 3.05) is 17.3 Å². The summed E-state index contributed by atoms with van der Waals surface area (Å²) in [4.78, 5) is 25.7. The maximum Gasteiger partial charge on any atom is 0.228 e. The summed E-state index contributed by atoms with van der Waals surface area (Å²) in [5, 5.41) is 7.40. The highest BCUT2D eigenvalue weighted by Gasteiger charge is 2.12. The molecule has 1 amide bonds. The van der Waals surface area contributed by atoms with Crippen LogP contribution >= 0.6 is 12.2 Å². The first-order chi connectivity index (χ1) is 14.4. The number of thiocarbonyl (C=S) groups is 1. The van der Waals surface area contributed by atoms with E-state index in [1.165, 1.54) is 4.90 Å². The minimum Gasteiger partial charge on any atom is -0.375 e. The van der Waals surface area contributed by atoms with Crippen LogP contribution < -0.4 is 21.4 Å². The Kier molecular flexibility index (Phi) is 6.32. The Morgan fingerprint density at radius 3 is 2.63 bits per heavy atom. The number of nitrogens with two attached hydrogens (primary N) is 1. The van der Waals surface area contributed by atoms with E-state index in [2.05, 4.69) is 30.8 Å². The fourth-order valence-electron chi connectivity index (χ4n) is 2.59. The van der Waals surface area contributed by atoms with Gasteiger partial charge in [0.15, 0.2) is 5.11 Å². The lowest BCUT2D eigenvalue weighted by atomic mass is 10.2. The summed E-state index contributed by atoms with van der Waals surface area (Å²) in [5.74, 6) is 0.380. The van der Waals surface area contributed by atoms with E-state index in [-0.39, 0.29) is 5.11 Å². The molecule has 0 radical (unpaired) electrons. The van der Waals surface area contributed by atoms with Crippen molar-refractivity contribution in [3.63, 3.8) is 0 Å². The highest BCUT2D eigenvalue weighted by atomic mass is 32.1. The van der Waals surface area contributed by atoms with E-state index in [1.54, 1.807) is 26.5 Å². The zero-order valence-electron chi connectivity index (χ0n) is 16.7. The molecule has 0 spiro atoms. The number of hydrogen-bond acceptors (Lipinski definition) is 7. The van der Waals surface area contributed by atoms with Crippen molar-refractivity contribution in [2.24, 2.45) is 17.9 Å². The molecule has 11 heteroatoms. The second-order valence-electron chi connectivity index (χ2n) is 6.41. The van der Waals surface area contributed by atoms with Gasteiger partial charge >= 0.3 is 0 Å². The SMILES string of the molecule is CC(=NNC(N)=S)c1cc(-c2cncn2C)nc(Nc2ccc(N(C)C=O)cc2)n1. The van der Waals surface area contributed by atoms with E-state index < -0.39 is 0 Å². The molecule has 1 aromatic carbocycles. The summed E-state index contributed by atoms with van der Waals surface area (Å²) >= 11 is 4.80. The van der Waals surface area contributed by atoms with Crippen molar-refractivity contribution in [3.8, 4) is 11.4 Å². The smallest absolute Gasteiger partial charge is 0.228 e. The molecular formula is C19H21N9OS. The molecule has 2 heterocycles. The largest absolute Gasteiger partial charge is 0.375 e. The van der Waals surface area contributed by atoms with Gasteiger partial charge in [0.25, 0.3) is 0 Å². The molecule has 0 unspecified atom stereocenters. The zero-order valence-corrected chi connectivity index (χ0v) is 17.5. The van der Waals surface area contributed by atoms with Crippen LogP contribution in [0.5, 0.6) is 0 Å². The normalized spacial score (nSPS) is 11.1. The number of aromatic nitrogens is 4. The average molecular weight is 424 g/mol. The fourth-order valence-corrected chi connectivity index (χ4v) is 2.64. The summed E-state index contributed by atoms with van der Waals surface area (Å²) < 4.78 is 1.86. The average Bonchev–Trinajstić information content (AvgIpc) is 3.17. The van der Waals surface area contributed by atoms with Crippen LogP contribution in [0.1, 0.15) is 12.6 Å². The topological polar surface area (TPSA) is 126 Å². The molecule has 3 rings (SSSR count). The third-order valence-corrected chi connectivity index (χ3v) is 4.29. The molecular weight excluding hydrogens is 402 g/mol. The Morgan fingerprint density at radius 2 is 2.03 bits per heavy atom. The van der Waals surface area contributed by atoms with E-state index >= 15 is 0 Å². The third kappa shape index (κ3) is 4.94. The molecule has 3 aromatic rings. The Bertz CT molecular complexity index is 1090. The minimum absolute atomic E-state index is 0.0639. The Hall–Kier alpha value is -3.86. The van der Waals surface area contributed by atoms with E-state index in [9.17, 15) is 4.79 Å². The Balaban J connectivity index is 1.97. The highest BCUT2D eigenvalue weighted by Crippen LogP contribution is 2.22. The maximum atomic E-state index is 10.9. The molecule has 2 aromatic heterocycles. The number of nitrogens with zero attached hydrogens (tertiary/aromatic N) is 6. The Morgan fingerprint density at radius 1 is 1.30 bits per heavy atom. The molecule has 0 atom stereocenters. The zero-order chi connectivity index (χ0) is 21.7. The van der Waals surface area contributed by atoms with Crippen LogP contribution in [-0.2, 0) is 11.8 Å². The molecule has 10 nitrogen and oxygen atoms in total. The van der Waals surface area contributed by atoms with Crippen LogP contribution in [0.4, 0.5) is 17.3 Å². The lowest BCUT2D eigenvalue weighted by Crippen LogP contribution is -2.25. The number of amides is 1. The molecule has 30 heavy (non-hydrogen) atoms.